The van der Waals surface area contributed by atoms with Crippen molar-refractivity contribution in [1.82, 2.24) is 5.32 Å². The molecule has 1 fully saturated rings. The molecule has 0 heterocycles. The van der Waals surface area contributed by atoms with Gasteiger partial charge in [0.05, 0.1) is 0 Å². The summed E-state index contributed by atoms with van der Waals surface area (Å²) >= 11 is 0. The SMILES string of the molecule is CCCC(CC)NC1CCCC(CC)C1. The zero-order chi connectivity index (χ0) is 11.1. The van der Waals surface area contributed by atoms with Crippen LogP contribution in [0.25, 0.3) is 0 Å². The first-order chi connectivity index (χ1) is 7.30. The fourth-order valence-electron chi connectivity index (χ4n) is 2.90. The number of hydrogen-bond donors (Lipinski definition) is 1. The third-order valence-electron chi connectivity index (χ3n) is 3.96. The van der Waals surface area contributed by atoms with Gasteiger partial charge in [-0.3, -0.25) is 0 Å². The van der Waals surface area contributed by atoms with E-state index in [1.54, 1.807) is 0 Å². The summed E-state index contributed by atoms with van der Waals surface area (Å²) in [5.41, 5.74) is 0. The van der Waals surface area contributed by atoms with Crippen molar-refractivity contribution >= 4 is 0 Å². The molecule has 0 aromatic rings. The molecule has 1 aliphatic rings. The van der Waals surface area contributed by atoms with E-state index in [0.29, 0.717) is 0 Å². The number of rotatable bonds is 6. The van der Waals surface area contributed by atoms with E-state index in [4.69, 9.17) is 0 Å². The Hall–Kier alpha value is -0.0400. The Morgan fingerprint density at radius 1 is 1.20 bits per heavy atom. The summed E-state index contributed by atoms with van der Waals surface area (Å²) in [6.07, 6.45) is 11.1. The predicted molar refractivity (Wildman–Crippen MR) is 68.2 cm³/mol. The molecule has 1 aliphatic carbocycles. The van der Waals surface area contributed by atoms with E-state index >= 15 is 0 Å². The molecule has 0 aromatic heterocycles. The van der Waals surface area contributed by atoms with Gasteiger partial charge in [0.15, 0.2) is 0 Å². The minimum absolute atomic E-state index is 0.774. The Kier molecular flexibility index (Phi) is 6.31. The lowest BCUT2D eigenvalue weighted by atomic mass is 9.84. The van der Waals surface area contributed by atoms with Gasteiger partial charge >= 0.3 is 0 Å². The Morgan fingerprint density at radius 3 is 2.60 bits per heavy atom. The average molecular weight is 211 g/mol. The van der Waals surface area contributed by atoms with Crippen molar-refractivity contribution in [3.63, 3.8) is 0 Å². The van der Waals surface area contributed by atoms with Crippen LogP contribution in [0.4, 0.5) is 0 Å². The molecular weight excluding hydrogens is 182 g/mol. The molecule has 0 saturated heterocycles. The van der Waals surface area contributed by atoms with E-state index in [9.17, 15) is 0 Å². The highest BCUT2D eigenvalue weighted by molar-refractivity contribution is 4.80. The molecule has 0 amide bonds. The predicted octanol–water partition coefficient (Wildman–Crippen LogP) is 4.12. The Bertz CT molecular complexity index is 155. The molecular formula is C14H29N. The van der Waals surface area contributed by atoms with Crippen LogP contribution in [0.5, 0.6) is 0 Å². The van der Waals surface area contributed by atoms with E-state index < -0.39 is 0 Å². The second-order valence-corrected chi connectivity index (χ2v) is 5.20. The van der Waals surface area contributed by atoms with Gasteiger partial charge in [-0.05, 0) is 31.6 Å². The maximum atomic E-state index is 3.87. The van der Waals surface area contributed by atoms with Gasteiger partial charge < -0.3 is 5.32 Å². The van der Waals surface area contributed by atoms with Crippen LogP contribution in [-0.2, 0) is 0 Å². The molecule has 1 heteroatoms. The molecule has 0 aromatic carbocycles. The van der Waals surface area contributed by atoms with Crippen molar-refractivity contribution < 1.29 is 0 Å². The van der Waals surface area contributed by atoms with Gasteiger partial charge in [-0.15, -0.1) is 0 Å². The van der Waals surface area contributed by atoms with Gasteiger partial charge in [-0.1, -0.05) is 46.5 Å². The van der Waals surface area contributed by atoms with Crippen LogP contribution in [0, 0.1) is 5.92 Å². The molecule has 1 saturated carbocycles. The molecule has 0 radical (unpaired) electrons. The summed E-state index contributed by atoms with van der Waals surface area (Å²) in [6.45, 7) is 6.95. The molecule has 1 N–H and O–H groups in total. The van der Waals surface area contributed by atoms with Gasteiger partial charge in [-0.25, -0.2) is 0 Å². The lowest BCUT2D eigenvalue weighted by Crippen LogP contribution is -2.40. The van der Waals surface area contributed by atoms with Crippen LogP contribution in [0.1, 0.15) is 72.1 Å². The highest BCUT2D eigenvalue weighted by atomic mass is 14.9. The summed E-state index contributed by atoms with van der Waals surface area (Å²) < 4.78 is 0. The van der Waals surface area contributed by atoms with Gasteiger partial charge in [0.2, 0.25) is 0 Å². The fraction of sp³-hybridized carbons (Fsp3) is 1.00. The Morgan fingerprint density at radius 2 is 2.00 bits per heavy atom. The van der Waals surface area contributed by atoms with E-state index in [2.05, 4.69) is 26.1 Å². The first kappa shape index (κ1) is 13.0. The maximum Gasteiger partial charge on any atom is 0.00722 e. The Labute approximate surface area is 96.0 Å². The van der Waals surface area contributed by atoms with E-state index in [1.807, 2.05) is 0 Å². The van der Waals surface area contributed by atoms with Crippen molar-refractivity contribution in [2.75, 3.05) is 0 Å². The van der Waals surface area contributed by atoms with Crippen LogP contribution in [-0.4, -0.2) is 12.1 Å². The number of nitrogens with one attached hydrogen (secondary N) is 1. The molecule has 1 rings (SSSR count). The maximum absolute atomic E-state index is 3.87. The van der Waals surface area contributed by atoms with E-state index in [1.165, 1.54) is 51.4 Å². The Balaban J connectivity index is 2.29. The van der Waals surface area contributed by atoms with E-state index in [-0.39, 0.29) is 0 Å². The monoisotopic (exact) mass is 211 g/mol. The first-order valence-corrected chi connectivity index (χ1v) is 7.06. The lowest BCUT2D eigenvalue weighted by Gasteiger charge is -2.32. The molecule has 3 atom stereocenters. The largest absolute Gasteiger partial charge is 0.311 e. The summed E-state index contributed by atoms with van der Waals surface area (Å²) in [5, 5.41) is 3.87. The van der Waals surface area contributed by atoms with Gasteiger partial charge in [0, 0.05) is 12.1 Å². The summed E-state index contributed by atoms with van der Waals surface area (Å²) in [5.74, 6) is 0.996. The lowest BCUT2D eigenvalue weighted by molar-refractivity contribution is 0.255. The van der Waals surface area contributed by atoms with Crippen LogP contribution < -0.4 is 5.32 Å². The van der Waals surface area contributed by atoms with Crippen molar-refractivity contribution in [3.05, 3.63) is 0 Å². The first-order valence-electron chi connectivity index (χ1n) is 7.06. The van der Waals surface area contributed by atoms with Crippen molar-refractivity contribution in [3.8, 4) is 0 Å². The zero-order valence-electron chi connectivity index (χ0n) is 10.9. The number of hydrogen-bond acceptors (Lipinski definition) is 1. The minimum atomic E-state index is 0.774. The molecule has 1 nitrogen and oxygen atoms in total. The second kappa shape index (κ2) is 7.27. The molecule has 90 valence electrons. The van der Waals surface area contributed by atoms with Gasteiger partial charge in [-0.2, -0.15) is 0 Å². The van der Waals surface area contributed by atoms with Crippen LogP contribution >= 0.6 is 0 Å². The quantitative estimate of drug-likeness (QED) is 0.697. The molecule has 3 unspecified atom stereocenters. The van der Waals surface area contributed by atoms with Gasteiger partial charge in [0.25, 0.3) is 0 Å². The summed E-state index contributed by atoms with van der Waals surface area (Å²) in [4.78, 5) is 0. The van der Waals surface area contributed by atoms with Crippen molar-refractivity contribution in [1.29, 1.82) is 0 Å². The fourth-order valence-corrected chi connectivity index (χ4v) is 2.90. The highest BCUT2D eigenvalue weighted by Gasteiger charge is 2.21. The van der Waals surface area contributed by atoms with Crippen LogP contribution in [0.2, 0.25) is 0 Å². The summed E-state index contributed by atoms with van der Waals surface area (Å²) in [6, 6.07) is 1.59. The van der Waals surface area contributed by atoms with Crippen molar-refractivity contribution in [2.45, 2.75) is 84.2 Å². The topological polar surface area (TPSA) is 12.0 Å². The second-order valence-electron chi connectivity index (χ2n) is 5.20. The van der Waals surface area contributed by atoms with Gasteiger partial charge in [0.1, 0.15) is 0 Å². The summed E-state index contributed by atoms with van der Waals surface area (Å²) in [7, 11) is 0. The van der Waals surface area contributed by atoms with Crippen LogP contribution in [0.15, 0.2) is 0 Å². The third kappa shape index (κ3) is 4.55. The molecule has 0 spiro atoms. The normalized spacial score (nSPS) is 29.0. The van der Waals surface area contributed by atoms with E-state index in [0.717, 1.165) is 18.0 Å². The van der Waals surface area contributed by atoms with Crippen molar-refractivity contribution in [2.24, 2.45) is 5.92 Å². The standard InChI is InChI=1S/C14H29N/c1-4-8-13(6-3)15-14-10-7-9-12(5-2)11-14/h12-15H,4-11H2,1-3H3. The average Bonchev–Trinajstić information content (AvgIpc) is 2.29. The molecule has 0 aliphatic heterocycles. The third-order valence-corrected chi connectivity index (χ3v) is 3.96. The zero-order valence-corrected chi connectivity index (χ0v) is 10.9. The highest BCUT2D eigenvalue weighted by Crippen LogP contribution is 2.27. The van der Waals surface area contributed by atoms with Crippen LogP contribution in [0.3, 0.4) is 0 Å². The molecule has 15 heavy (non-hydrogen) atoms. The molecule has 0 bridgehead atoms. The minimum Gasteiger partial charge on any atom is -0.311 e. The smallest absolute Gasteiger partial charge is 0.00722 e.